The number of rotatable bonds is 15. The van der Waals surface area contributed by atoms with Gasteiger partial charge in [-0.1, -0.05) is 49.0 Å². The van der Waals surface area contributed by atoms with Crippen molar-refractivity contribution in [3.63, 3.8) is 0 Å². The molecule has 0 aromatic heterocycles. The average molecular weight is 427 g/mol. The first-order valence-electron chi connectivity index (χ1n) is 9.61. The lowest BCUT2D eigenvalue weighted by molar-refractivity contribution is -0.284. The van der Waals surface area contributed by atoms with Crippen molar-refractivity contribution in [1.82, 2.24) is 0 Å². The number of unbranched alkanes of at least 4 members (excludes halogenated alkanes) is 6. The van der Waals surface area contributed by atoms with E-state index < -0.39 is 29.7 Å². The van der Waals surface area contributed by atoms with Crippen molar-refractivity contribution < 1.29 is 31.2 Å². The van der Waals surface area contributed by atoms with E-state index in [1.165, 1.54) is 0 Å². The topological polar surface area (TPSA) is 32.3 Å². The van der Waals surface area contributed by atoms with Crippen molar-refractivity contribution in [2.24, 2.45) is 0 Å². The number of ether oxygens (including phenoxy) is 1. The molecule has 1 rings (SSSR count). The molecule has 0 saturated carbocycles. The zero-order chi connectivity index (χ0) is 20.9. The summed E-state index contributed by atoms with van der Waals surface area (Å²) in [7, 11) is 0. The lowest BCUT2D eigenvalue weighted by Crippen LogP contribution is -2.36. The molecule has 0 fully saturated rings. The van der Waals surface area contributed by atoms with Crippen LogP contribution in [0.4, 0.5) is 22.0 Å². The van der Waals surface area contributed by atoms with Crippen LogP contribution in [0, 0.1) is 6.07 Å². The van der Waals surface area contributed by atoms with E-state index in [4.69, 9.17) is 4.74 Å². The molecule has 0 aliphatic carbocycles. The van der Waals surface area contributed by atoms with Crippen LogP contribution in [0.2, 0.25) is 0 Å². The molecule has 0 heterocycles. The number of alkyl halides is 5. The van der Waals surface area contributed by atoms with Crippen molar-refractivity contribution in [2.75, 3.05) is 18.1 Å². The van der Waals surface area contributed by atoms with Gasteiger partial charge in [0.2, 0.25) is 0 Å². The van der Waals surface area contributed by atoms with Crippen LogP contribution in [0.3, 0.4) is 0 Å². The maximum absolute atomic E-state index is 12.7. The molecule has 1 radical (unpaired) electrons. The highest BCUT2D eigenvalue weighted by atomic mass is 32.2. The quantitative estimate of drug-likeness (QED) is 0.186. The Kier molecular flexibility index (Phi) is 11.8. The Morgan fingerprint density at radius 1 is 0.821 bits per heavy atom. The Morgan fingerprint density at radius 3 is 1.96 bits per heavy atom. The summed E-state index contributed by atoms with van der Waals surface area (Å²) in [4.78, 5) is 0. The van der Waals surface area contributed by atoms with Gasteiger partial charge in [0.25, 0.3) is 0 Å². The summed E-state index contributed by atoms with van der Waals surface area (Å²) in [5.74, 6) is -3.60. The monoisotopic (exact) mass is 427 g/mol. The third-order valence-corrected chi connectivity index (χ3v) is 5.74. The predicted octanol–water partition coefficient (Wildman–Crippen LogP) is 6.32. The maximum Gasteiger partial charge on any atom is 0.453 e. The molecular weight excluding hydrogens is 399 g/mol. The van der Waals surface area contributed by atoms with Crippen molar-refractivity contribution >= 4 is 11.2 Å². The van der Waals surface area contributed by atoms with Crippen LogP contribution in [0.25, 0.3) is 0 Å². The Balaban J connectivity index is 1.90. The first-order valence-corrected chi connectivity index (χ1v) is 11.1. The minimum Gasteiger partial charge on any atom is -0.616 e. The first-order chi connectivity index (χ1) is 13.2. The van der Waals surface area contributed by atoms with Gasteiger partial charge < -0.3 is 9.29 Å². The van der Waals surface area contributed by atoms with Crippen molar-refractivity contribution in [3.8, 4) is 5.75 Å². The molecular formula is C20H28F5O2S. The Bertz CT molecular complexity index is 511. The van der Waals surface area contributed by atoms with Crippen LogP contribution in [0.5, 0.6) is 5.75 Å². The molecule has 161 valence electrons. The fourth-order valence-corrected chi connectivity index (χ4v) is 3.80. The van der Waals surface area contributed by atoms with Gasteiger partial charge in [-0.3, -0.25) is 0 Å². The molecule has 2 nitrogen and oxygen atoms in total. The largest absolute Gasteiger partial charge is 0.616 e. The minimum atomic E-state index is -5.53. The van der Waals surface area contributed by atoms with Gasteiger partial charge in [-0.15, -0.1) is 0 Å². The second-order valence-corrected chi connectivity index (χ2v) is 8.41. The molecule has 8 heteroatoms. The van der Waals surface area contributed by atoms with Crippen molar-refractivity contribution in [1.29, 1.82) is 0 Å². The summed E-state index contributed by atoms with van der Waals surface area (Å²) < 4.78 is 78.8. The smallest absolute Gasteiger partial charge is 0.453 e. The van der Waals surface area contributed by atoms with Gasteiger partial charge in [0.05, 0.1) is 6.61 Å². The molecule has 0 spiro atoms. The molecule has 0 amide bonds. The van der Waals surface area contributed by atoms with Crippen LogP contribution in [-0.2, 0) is 11.2 Å². The van der Waals surface area contributed by atoms with Gasteiger partial charge in [-0.25, -0.2) is 0 Å². The normalized spacial score (nSPS) is 13.5. The molecule has 0 N–H and O–H groups in total. The average Bonchev–Trinajstić information content (AvgIpc) is 2.63. The highest BCUT2D eigenvalue weighted by molar-refractivity contribution is 7.91. The van der Waals surface area contributed by atoms with E-state index in [1.54, 1.807) is 12.1 Å². The maximum atomic E-state index is 12.7. The predicted molar refractivity (Wildman–Crippen MR) is 101 cm³/mol. The molecule has 1 aromatic carbocycles. The van der Waals surface area contributed by atoms with Gasteiger partial charge in [0, 0.05) is 6.42 Å². The molecule has 0 saturated heterocycles. The number of halogens is 5. The lowest BCUT2D eigenvalue weighted by atomic mass is 10.1. The number of hydrogen-bond acceptors (Lipinski definition) is 2. The highest BCUT2D eigenvalue weighted by Crippen LogP contribution is 2.38. The number of benzene rings is 1. The van der Waals surface area contributed by atoms with E-state index in [-0.39, 0.29) is 12.2 Å². The third-order valence-electron chi connectivity index (χ3n) is 4.25. The Hall–Kier alpha value is -1.02. The van der Waals surface area contributed by atoms with E-state index in [1.807, 2.05) is 12.1 Å². The number of hydrogen-bond donors (Lipinski definition) is 0. The summed E-state index contributed by atoms with van der Waals surface area (Å²) in [5, 5.41) is 0. The molecule has 1 aromatic rings. The SMILES string of the molecule is [O-][S+](CCCCCCCCCOc1cc[c]cc1)CCCC(F)(F)C(F)(F)F. The fourth-order valence-electron chi connectivity index (χ4n) is 2.61. The van der Waals surface area contributed by atoms with E-state index in [0.717, 1.165) is 44.3 Å². The van der Waals surface area contributed by atoms with E-state index >= 15 is 0 Å². The van der Waals surface area contributed by atoms with Crippen LogP contribution in [0.1, 0.15) is 57.8 Å². The Morgan fingerprint density at radius 2 is 1.36 bits per heavy atom. The second kappa shape index (κ2) is 13.2. The molecule has 28 heavy (non-hydrogen) atoms. The standard InChI is InChI=1S/C20H28F5O2S/c21-19(22,20(23,24)25)14-11-17-28(26)16-10-5-3-1-2-4-9-15-27-18-12-7-6-8-13-18/h7-8,12-13H,1-5,9-11,14-17H2. The van der Waals surface area contributed by atoms with Gasteiger partial charge in [-0.2, -0.15) is 22.0 Å². The molecule has 0 aliphatic heterocycles. The lowest BCUT2D eigenvalue weighted by Gasteiger charge is -2.19. The molecule has 0 aliphatic rings. The molecule has 1 atom stereocenters. The van der Waals surface area contributed by atoms with E-state index in [0.29, 0.717) is 18.8 Å². The van der Waals surface area contributed by atoms with Crippen LogP contribution < -0.4 is 4.74 Å². The van der Waals surface area contributed by atoms with Gasteiger partial charge >= 0.3 is 12.1 Å². The zero-order valence-electron chi connectivity index (χ0n) is 15.9. The third kappa shape index (κ3) is 11.1. The van der Waals surface area contributed by atoms with Crippen LogP contribution in [-0.4, -0.2) is 34.8 Å². The fraction of sp³-hybridized carbons (Fsp3) is 0.700. The minimum absolute atomic E-state index is 0.106. The highest BCUT2D eigenvalue weighted by Gasteiger charge is 2.56. The van der Waals surface area contributed by atoms with Crippen LogP contribution in [0.15, 0.2) is 24.3 Å². The van der Waals surface area contributed by atoms with E-state index in [9.17, 15) is 26.5 Å². The van der Waals surface area contributed by atoms with Crippen molar-refractivity contribution in [3.05, 3.63) is 30.3 Å². The van der Waals surface area contributed by atoms with Crippen molar-refractivity contribution in [2.45, 2.75) is 69.9 Å². The van der Waals surface area contributed by atoms with Crippen LogP contribution >= 0.6 is 0 Å². The van der Waals surface area contributed by atoms with Gasteiger partial charge in [-0.05, 0) is 43.9 Å². The first kappa shape index (κ1) is 25.0. The summed E-state index contributed by atoms with van der Waals surface area (Å²) in [6.07, 6.45) is -0.426. The molecule has 0 bridgehead atoms. The molecule has 1 unspecified atom stereocenters. The summed E-state index contributed by atoms with van der Waals surface area (Å²) in [6, 6.07) is 10.3. The summed E-state index contributed by atoms with van der Waals surface area (Å²) in [5.41, 5.74) is 0. The Labute approximate surface area is 167 Å². The van der Waals surface area contributed by atoms with Gasteiger partial charge in [0.1, 0.15) is 17.3 Å². The summed E-state index contributed by atoms with van der Waals surface area (Å²) >= 11 is -1.33. The second-order valence-electron chi connectivity index (χ2n) is 6.71. The van der Waals surface area contributed by atoms with E-state index in [2.05, 4.69) is 6.07 Å². The van der Waals surface area contributed by atoms with Gasteiger partial charge in [0.15, 0.2) is 0 Å². The zero-order valence-corrected chi connectivity index (χ0v) is 16.7. The summed E-state index contributed by atoms with van der Waals surface area (Å²) in [6.45, 7) is 0.677.